The van der Waals surface area contributed by atoms with Crippen LogP contribution < -0.4 is 5.32 Å². The second-order valence-corrected chi connectivity index (χ2v) is 4.59. The molecule has 0 aliphatic carbocycles. The molecule has 0 saturated carbocycles. The summed E-state index contributed by atoms with van der Waals surface area (Å²) in [6.07, 6.45) is 0. The molecule has 0 bridgehead atoms. The van der Waals surface area contributed by atoms with E-state index in [0.717, 1.165) is 5.56 Å². The van der Waals surface area contributed by atoms with Gasteiger partial charge in [0.15, 0.2) is 0 Å². The molecule has 0 saturated heterocycles. The van der Waals surface area contributed by atoms with E-state index in [4.69, 9.17) is 11.6 Å². The average molecular weight is 274 g/mol. The predicted molar refractivity (Wildman–Crippen MR) is 75.6 cm³/mol. The third-order valence-electron chi connectivity index (χ3n) is 2.62. The summed E-state index contributed by atoms with van der Waals surface area (Å²) in [5.74, 6) is -1.22. The van der Waals surface area contributed by atoms with Gasteiger partial charge in [-0.25, -0.2) is 0 Å². The highest BCUT2D eigenvalue weighted by Gasteiger charge is 2.15. The van der Waals surface area contributed by atoms with Crippen LogP contribution in [0.1, 0.15) is 15.9 Å². The van der Waals surface area contributed by atoms with Crippen molar-refractivity contribution in [2.24, 2.45) is 0 Å². The lowest BCUT2D eigenvalue weighted by Crippen LogP contribution is -2.22. The van der Waals surface area contributed by atoms with Crippen molar-refractivity contribution in [3.05, 3.63) is 64.7 Å². The summed E-state index contributed by atoms with van der Waals surface area (Å²) in [5, 5.41) is 3.11. The number of aryl methyl sites for hydroxylation is 1. The van der Waals surface area contributed by atoms with Gasteiger partial charge >= 0.3 is 0 Å². The van der Waals surface area contributed by atoms with Gasteiger partial charge in [-0.1, -0.05) is 41.4 Å². The van der Waals surface area contributed by atoms with Crippen LogP contribution in [0.15, 0.2) is 48.5 Å². The van der Waals surface area contributed by atoms with Crippen molar-refractivity contribution in [1.82, 2.24) is 0 Å². The van der Waals surface area contributed by atoms with E-state index < -0.39 is 11.7 Å². The standard InChI is InChI=1S/C15H12ClNO2/c1-10-2-4-11(5-3-10)14(18)15(19)17-13-8-6-12(16)7-9-13/h2-9H,1H3,(H,17,19). The number of anilines is 1. The molecule has 0 heterocycles. The van der Waals surface area contributed by atoms with Crippen LogP contribution >= 0.6 is 11.6 Å². The first kappa shape index (κ1) is 13.3. The Hall–Kier alpha value is -2.13. The molecule has 0 aliphatic rings. The monoisotopic (exact) mass is 273 g/mol. The number of hydrogen-bond acceptors (Lipinski definition) is 2. The number of halogens is 1. The Bertz CT molecular complexity index is 603. The molecule has 96 valence electrons. The SMILES string of the molecule is Cc1ccc(C(=O)C(=O)Nc2ccc(Cl)cc2)cc1. The molecule has 0 spiro atoms. The zero-order valence-corrected chi connectivity index (χ0v) is 11.1. The molecule has 0 unspecified atom stereocenters. The topological polar surface area (TPSA) is 46.2 Å². The largest absolute Gasteiger partial charge is 0.319 e. The van der Waals surface area contributed by atoms with Gasteiger partial charge in [-0.05, 0) is 31.2 Å². The molecular formula is C15H12ClNO2. The van der Waals surface area contributed by atoms with Gasteiger partial charge in [0.2, 0.25) is 0 Å². The molecule has 2 aromatic rings. The molecule has 2 aromatic carbocycles. The molecule has 2 rings (SSSR count). The highest BCUT2D eigenvalue weighted by atomic mass is 35.5. The van der Waals surface area contributed by atoms with Crippen LogP contribution in [0.25, 0.3) is 0 Å². The number of amides is 1. The number of nitrogens with one attached hydrogen (secondary N) is 1. The minimum Gasteiger partial charge on any atom is -0.319 e. The number of carbonyl (C=O) groups excluding carboxylic acids is 2. The molecule has 0 fully saturated rings. The molecular weight excluding hydrogens is 262 g/mol. The van der Waals surface area contributed by atoms with E-state index in [1.165, 1.54) is 0 Å². The van der Waals surface area contributed by atoms with Gasteiger partial charge in [0, 0.05) is 16.3 Å². The Morgan fingerprint density at radius 1 is 0.947 bits per heavy atom. The number of rotatable bonds is 3. The maximum absolute atomic E-state index is 11.9. The van der Waals surface area contributed by atoms with Gasteiger partial charge < -0.3 is 5.32 Å². The molecule has 1 amide bonds. The zero-order valence-electron chi connectivity index (χ0n) is 10.3. The summed E-state index contributed by atoms with van der Waals surface area (Å²) in [6, 6.07) is 13.4. The van der Waals surface area contributed by atoms with Crippen molar-refractivity contribution in [1.29, 1.82) is 0 Å². The highest BCUT2D eigenvalue weighted by Crippen LogP contribution is 2.14. The van der Waals surface area contributed by atoms with Crippen LogP contribution in [-0.2, 0) is 4.79 Å². The molecule has 3 nitrogen and oxygen atoms in total. The van der Waals surface area contributed by atoms with E-state index in [9.17, 15) is 9.59 Å². The smallest absolute Gasteiger partial charge is 0.296 e. The average Bonchev–Trinajstić information content (AvgIpc) is 2.41. The third-order valence-corrected chi connectivity index (χ3v) is 2.87. The number of Topliss-reactive ketones (excluding diaryl/α,β-unsaturated/α-hetero) is 1. The number of hydrogen-bond donors (Lipinski definition) is 1. The van der Waals surface area contributed by atoms with Crippen molar-refractivity contribution in [2.75, 3.05) is 5.32 Å². The van der Waals surface area contributed by atoms with Crippen molar-refractivity contribution < 1.29 is 9.59 Å². The van der Waals surface area contributed by atoms with Gasteiger partial charge in [0.05, 0.1) is 0 Å². The number of ketones is 1. The Morgan fingerprint density at radius 2 is 1.53 bits per heavy atom. The van der Waals surface area contributed by atoms with Crippen LogP contribution in [0.4, 0.5) is 5.69 Å². The van der Waals surface area contributed by atoms with E-state index >= 15 is 0 Å². The van der Waals surface area contributed by atoms with Gasteiger partial charge in [-0.2, -0.15) is 0 Å². The van der Waals surface area contributed by atoms with Gasteiger partial charge in [-0.3, -0.25) is 9.59 Å². The fourth-order valence-corrected chi connectivity index (χ4v) is 1.68. The summed E-state index contributed by atoms with van der Waals surface area (Å²) < 4.78 is 0. The van der Waals surface area contributed by atoms with Crippen LogP contribution in [0.5, 0.6) is 0 Å². The van der Waals surface area contributed by atoms with E-state index in [1.54, 1.807) is 48.5 Å². The summed E-state index contributed by atoms with van der Waals surface area (Å²) >= 11 is 5.74. The van der Waals surface area contributed by atoms with Crippen LogP contribution in [0.2, 0.25) is 5.02 Å². The zero-order chi connectivity index (χ0) is 13.8. The minimum atomic E-state index is -0.661. The molecule has 0 atom stereocenters. The second-order valence-electron chi connectivity index (χ2n) is 4.16. The van der Waals surface area contributed by atoms with Crippen LogP contribution in [0.3, 0.4) is 0 Å². The third kappa shape index (κ3) is 3.42. The Labute approximate surface area is 116 Å². The summed E-state index contributed by atoms with van der Waals surface area (Å²) in [4.78, 5) is 23.7. The van der Waals surface area contributed by atoms with Gasteiger partial charge in [0.25, 0.3) is 11.7 Å². The molecule has 19 heavy (non-hydrogen) atoms. The normalized spacial score (nSPS) is 10.0. The second kappa shape index (κ2) is 5.67. The predicted octanol–water partition coefficient (Wildman–Crippen LogP) is 3.47. The maximum Gasteiger partial charge on any atom is 0.296 e. The lowest BCUT2D eigenvalue weighted by molar-refractivity contribution is -0.112. The Balaban J connectivity index is 2.09. The first-order valence-electron chi connectivity index (χ1n) is 5.74. The summed E-state index contributed by atoms with van der Waals surface area (Å²) in [6.45, 7) is 1.92. The molecule has 0 aromatic heterocycles. The van der Waals surface area contributed by atoms with E-state index in [2.05, 4.69) is 5.32 Å². The lowest BCUT2D eigenvalue weighted by atomic mass is 10.1. The van der Waals surface area contributed by atoms with Crippen molar-refractivity contribution in [3.63, 3.8) is 0 Å². The molecule has 0 radical (unpaired) electrons. The minimum absolute atomic E-state index is 0.372. The molecule has 4 heteroatoms. The van der Waals surface area contributed by atoms with Crippen molar-refractivity contribution >= 4 is 29.0 Å². The van der Waals surface area contributed by atoms with Crippen LogP contribution in [0, 0.1) is 6.92 Å². The van der Waals surface area contributed by atoms with E-state index in [0.29, 0.717) is 16.3 Å². The fraction of sp³-hybridized carbons (Fsp3) is 0.0667. The van der Waals surface area contributed by atoms with E-state index in [1.807, 2.05) is 6.92 Å². The number of carbonyl (C=O) groups is 2. The van der Waals surface area contributed by atoms with Gasteiger partial charge in [0.1, 0.15) is 0 Å². The van der Waals surface area contributed by atoms with E-state index in [-0.39, 0.29) is 0 Å². The Kier molecular flexibility index (Phi) is 3.97. The van der Waals surface area contributed by atoms with Crippen molar-refractivity contribution in [2.45, 2.75) is 6.92 Å². The van der Waals surface area contributed by atoms with Gasteiger partial charge in [-0.15, -0.1) is 0 Å². The maximum atomic E-state index is 11.9. The van der Waals surface area contributed by atoms with Crippen molar-refractivity contribution in [3.8, 4) is 0 Å². The summed E-state index contributed by atoms with van der Waals surface area (Å²) in [5.41, 5.74) is 1.95. The quantitative estimate of drug-likeness (QED) is 0.687. The first-order chi connectivity index (χ1) is 9.06. The lowest BCUT2D eigenvalue weighted by Gasteiger charge is -2.04. The molecule has 1 N–H and O–H groups in total. The van der Waals surface area contributed by atoms with Crippen LogP contribution in [-0.4, -0.2) is 11.7 Å². The summed E-state index contributed by atoms with van der Waals surface area (Å²) in [7, 11) is 0. The Morgan fingerprint density at radius 3 is 2.11 bits per heavy atom. The highest BCUT2D eigenvalue weighted by molar-refractivity contribution is 6.46. The number of benzene rings is 2. The first-order valence-corrected chi connectivity index (χ1v) is 6.12. The fourth-order valence-electron chi connectivity index (χ4n) is 1.56. The molecule has 0 aliphatic heterocycles.